The third-order valence-corrected chi connectivity index (χ3v) is 6.16. The van der Waals surface area contributed by atoms with E-state index in [4.69, 9.17) is 0 Å². The lowest BCUT2D eigenvalue weighted by Gasteiger charge is -2.48. The third kappa shape index (κ3) is 1.70. The van der Waals surface area contributed by atoms with Crippen molar-refractivity contribution in [1.29, 1.82) is 0 Å². The molecule has 108 valence electrons. The number of hydrogen-bond acceptors (Lipinski definition) is 1. The summed E-state index contributed by atoms with van der Waals surface area (Å²) >= 11 is 0. The van der Waals surface area contributed by atoms with Crippen molar-refractivity contribution in [3.05, 3.63) is 59.7 Å². The van der Waals surface area contributed by atoms with E-state index in [0.29, 0.717) is 28.9 Å². The summed E-state index contributed by atoms with van der Waals surface area (Å²) in [5, 5.41) is 9.69. The SMILES string of the molecule is C=CC1=CC[C@H]2[C@@H]3C=Cc4cc(O)ccc4[C@H]3CC[C@]12C. The Bertz CT molecular complexity index is 666. The molecule has 21 heavy (non-hydrogen) atoms. The zero-order chi connectivity index (χ0) is 14.6. The Morgan fingerprint density at radius 1 is 1.38 bits per heavy atom. The smallest absolute Gasteiger partial charge is 0.116 e. The zero-order valence-electron chi connectivity index (χ0n) is 12.5. The Balaban J connectivity index is 1.74. The number of hydrogen-bond donors (Lipinski definition) is 1. The maximum absolute atomic E-state index is 9.69. The van der Waals surface area contributed by atoms with E-state index < -0.39 is 0 Å². The van der Waals surface area contributed by atoms with Crippen molar-refractivity contribution >= 4 is 6.08 Å². The minimum absolute atomic E-state index is 0.307. The van der Waals surface area contributed by atoms with E-state index in [9.17, 15) is 5.11 Å². The van der Waals surface area contributed by atoms with Crippen LogP contribution in [0.2, 0.25) is 0 Å². The number of fused-ring (bicyclic) bond motifs is 5. The molecule has 3 aliphatic carbocycles. The molecule has 0 aliphatic heterocycles. The van der Waals surface area contributed by atoms with E-state index in [1.54, 1.807) is 0 Å². The normalized spacial score (nSPS) is 36.4. The van der Waals surface area contributed by atoms with Gasteiger partial charge in [-0.3, -0.25) is 0 Å². The van der Waals surface area contributed by atoms with Crippen molar-refractivity contribution in [1.82, 2.24) is 0 Å². The molecular formula is C20H22O. The molecule has 1 nitrogen and oxygen atoms in total. The van der Waals surface area contributed by atoms with E-state index >= 15 is 0 Å². The predicted molar refractivity (Wildman–Crippen MR) is 87.1 cm³/mol. The fraction of sp³-hybridized carbons (Fsp3) is 0.400. The predicted octanol–water partition coefficient (Wildman–Crippen LogP) is 5.05. The van der Waals surface area contributed by atoms with Crippen LogP contribution in [-0.2, 0) is 0 Å². The van der Waals surface area contributed by atoms with Crippen LogP contribution in [0.25, 0.3) is 6.08 Å². The van der Waals surface area contributed by atoms with Gasteiger partial charge in [0.25, 0.3) is 0 Å². The third-order valence-electron chi connectivity index (χ3n) is 6.16. The average Bonchev–Trinajstić information content (AvgIpc) is 2.83. The second-order valence-electron chi connectivity index (χ2n) is 7.02. The van der Waals surface area contributed by atoms with Gasteiger partial charge in [-0.2, -0.15) is 0 Å². The largest absolute Gasteiger partial charge is 0.508 e. The zero-order valence-corrected chi connectivity index (χ0v) is 12.5. The molecule has 0 heterocycles. The molecule has 4 atom stereocenters. The number of benzene rings is 1. The van der Waals surface area contributed by atoms with E-state index in [-0.39, 0.29) is 0 Å². The molecule has 0 bridgehead atoms. The number of allylic oxidation sites excluding steroid dienone is 4. The summed E-state index contributed by atoms with van der Waals surface area (Å²) in [6.45, 7) is 6.44. The Labute approximate surface area is 126 Å². The lowest BCUT2D eigenvalue weighted by molar-refractivity contribution is 0.117. The standard InChI is InChI=1S/C20H22O/c1-3-14-5-9-19-18-7-4-13-12-15(21)6-8-16(13)17(18)10-11-20(14,19)2/h3-8,12,17-19,21H,1,9-11H2,2H3/t17-,18-,19+,20-/m1/s1. The van der Waals surface area contributed by atoms with Crippen molar-refractivity contribution in [3.8, 4) is 5.75 Å². The van der Waals surface area contributed by atoms with E-state index in [1.807, 2.05) is 12.1 Å². The van der Waals surface area contributed by atoms with Crippen molar-refractivity contribution in [2.45, 2.75) is 32.1 Å². The Kier molecular flexibility index (Phi) is 2.69. The van der Waals surface area contributed by atoms with Crippen molar-refractivity contribution in [2.24, 2.45) is 17.3 Å². The summed E-state index contributed by atoms with van der Waals surface area (Å²) in [5.74, 6) is 2.30. The lowest BCUT2D eigenvalue weighted by atomic mass is 9.56. The molecule has 1 aromatic carbocycles. The first-order chi connectivity index (χ1) is 10.1. The topological polar surface area (TPSA) is 20.2 Å². The molecule has 1 aromatic rings. The second-order valence-corrected chi connectivity index (χ2v) is 7.02. The summed E-state index contributed by atoms with van der Waals surface area (Å²) in [6, 6.07) is 5.87. The number of aromatic hydroxyl groups is 1. The quantitative estimate of drug-likeness (QED) is 0.762. The summed E-state index contributed by atoms with van der Waals surface area (Å²) in [7, 11) is 0. The Hall–Kier alpha value is -1.76. The van der Waals surface area contributed by atoms with Crippen molar-refractivity contribution < 1.29 is 5.11 Å². The van der Waals surface area contributed by atoms with Crippen LogP contribution < -0.4 is 0 Å². The van der Waals surface area contributed by atoms with Gasteiger partial charge in [0.1, 0.15) is 5.75 Å². The highest BCUT2D eigenvalue weighted by Crippen LogP contribution is 2.60. The van der Waals surface area contributed by atoms with Crippen LogP contribution in [0.5, 0.6) is 5.75 Å². The van der Waals surface area contributed by atoms with Crippen LogP contribution in [-0.4, -0.2) is 5.11 Å². The molecule has 1 heteroatoms. The van der Waals surface area contributed by atoms with E-state index in [2.05, 4.69) is 43.9 Å². The molecule has 1 saturated carbocycles. The van der Waals surface area contributed by atoms with Crippen molar-refractivity contribution in [3.63, 3.8) is 0 Å². The Morgan fingerprint density at radius 3 is 3.05 bits per heavy atom. The molecule has 0 amide bonds. The molecule has 3 aliphatic rings. The first-order valence-corrected chi connectivity index (χ1v) is 7.97. The van der Waals surface area contributed by atoms with Gasteiger partial charge in [-0.15, -0.1) is 0 Å². The highest BCUT2D eigenvalue weighted by molar-refractivity contribution is 5.61. The highest BCUT2D eigenvalue weighted by Gasteiger charge is 2.50. The number of rotatable bonds is 1. The van der Waals surface area contributed by atoms with Gasteiger partial charge in [0.15, 0.2) is 0 Å². The fourth-order valence-corrected chi connectivity index (χ4v) is 5.01. The first-order valence-electron chi connectivity index (χ1n) is 7.97. The minimum atomic E-state index is 0.307. The van der Waals surface area contributed by atoms with Gasteiger partial charge in [0, 0.05) is 0 Å². The molecule has 0 aromatic heterocycles. The van der Waals surface area contributed by atoms with Gasteiger partial charge in [-0.1, -0.05) is 43.9 Å². The van der Waals surface area contributed by atoms with Crippen LogP contribution in [0, 0.1) is 17.3 Å². The summed E-state index contributed by atoms with van der Waals surface area (Å²) in [5.41, 5.74) is 4.39. The molecule has 1 N–H and O–H groups in total. The van der Waals surface area contributed by atoms with Crippen LogP contribution in [0.3, 0.4) is 0 Å². The molecule has 0 radical (unpaired) electrons. The van der Waals surface area contributed by atoms with Gasteiger partial charge in [0.05, 0.1) is 0 Å². The maximum atomic E-state index is 9.69. The van der Waals surface area contributed by atoms with Crippen LogP contribution in [0.15, 0.2) is 48.6 Å². The van der Waals surface area contributed by atoms with E-state index in [0.717, 1.165) is 0 Å². The van der Waals surface area contributed by atoms with Crippen molar-refractivity contribution in [2.75, 3.05) is 0 Å². The van der Waals surface area contributed by atoms with Gasteiger partial charge < -0.3 is 5.11 Å². The average molecular weight is 278 g/mol. The van der Waals surface area contributed by atoms with Crippen LogP contribution in [0.1, 0.15) is 43.2 Å². The minimum Gasteiger partial charge on any atom is -0.508 e. The van der Waals surface area contributed by atoms with E-state index in [1.165, 1.54) is 36.0 Å². The molecule has 0 unspecified atom stereocenters. The van der Waals surface area contributed by atoms with Gasteiger partial charge in [-0.25, -0.2) is 0 Å². The first kappa shape index (κ1) is 12.9. The lowest BCUT2D eigenvalue weighted by Crippen LogP contribution is -2.39. The summed E-state index contributed by atoms with van der Waals surface area (Å²) < 4.78 is 0. The molecule has 4 rings (SSSR count). The monoisotopic (exact) mass is 278 g/mol. The second kappa shape index (κ2) is 4.37. The number of phenolic OH excluding ortho intramolecular Hbond substituents is 1. The van der Waals surface area contributed by atoms with Crippen LogP contribution in [0.4, 0.5) is 0 Å². The summed E-state index contributed by atoms with van der Waals surface area (Å²) in [4.78, 5) is 0. The highest BCUT2D eigenvalue weighted by atomic mass is 16.3. The summed E-state index contributed by atoms with van der Waals surface area (Å²) in [6.07, 6.45) is 12.7. The molecule has 1 fully saturated rings. The van der Waals surface area contributed by atoms with Crippen LogP contribution >= 0.6 is 0 Å². The van der Waals surface area contributed by atoms with Gasteiger partial charge >= 0.3 is 0 Å². The number of phenols is 1. The van der Waals surface area contributed by atoms with Gasteiger partial charge in [-0.05, 0) is 71.3 Å². The molecular weight excluding hydrogens is 256 g/mol. The molecule has 0 spiro atoms. The van der Waals surface area contributed by atoms with Gasteiger partial charge in [0.2, 0.25) is 0 Å². The fourth-order valence-electron chi connectivity index (χ4n) is 5.01. The maximum Gasteiger partial charge on any atom is 0.116 e. The Morgan fingerprint density at radius 2 is 2.24 bits per heavy atom. The molecule has 0 saturated heterocycles.